The first-order valence-electron chi connectivity index (χ1n) is 8.10. The molecule has 0 aliphatic heterocycles. The maximum Gasteiger partial charge on any atom is 0.276 e. The molecule has 1 aromatic carbocycles. The first kappa shape index (κ1) is 17.7. The van der Waals surface area contributed by atoms with Gasteiger partial charge < -0.3 is 14.7 Å². The molecule has 2 aromatic rings. The van der Waals surface area contributed by atoms with Crippen LogP contribution in [-0.4, -0.2) is 34.5 Å². The summed E-state index contributed by atoms with van der Waals surface area (Å²) < 4.78 is 4.98. The molecule has 0 fully saturated rings. The number of carbonyl (C=O) groups is 2. The molecule has 24 heavy (non-hydrogen) atoms. The number of aryl methyl sites for hydroxylation is 1. The molecule has 0 aliphatic rings. The minimum Gasteiger partial charge on any atom is -0.361 e. The van der Waals surface area contributed by atoms with Crippen molar-refractivity contribution < 1.29 is 14.1 Å². The molecule has 1 N–H and O–H groups in total. The van der Waals surface area contributed by atoms with Gasteiger partial charge in [-0.05, 0) is 32.4 Å². The monoisotopic (exact) mass is 329 g/mol. The van der Waals surface area contributed by atoms with E-state index in [9.17, 15) is 9.59 Å². The maximum absolute atomic E-state index is 12.6. The average Bonchev–Trinajstić information content (AvgIpc) is 2.99. The van der Waals surface area contributed by atoms with Gasteiger partial charge in [-0.15, -0.1) is 0 Å². The van der Waals surface area contributed by atoms with Crippen LogP contribution in [0.5, 0.6) is 0 Å². The van der Waals surface area contributed by atoms with Crippen LogP contribution < -0.4 is 5.32 Å². The highest BCUT2D eigenvalue weighted by molar-refractivity contribution is 5.94. The molecule has 128 valence electrons. The highest BCUT2D eigenvalue weighted by Gasteiger charge is 2.25. The van der Waals surface area contributed by atoms with Crippen molar-refractivity contribution in [3.8, 4) is 0 Å². The third kappa shape index (κ3) is 4.68. The Hall–Kier alpha value is -2.63. The third-order valence-corrected chi connectivity index (χ3v) is 3.64. The van der Waals surface area contributed by atoms with Crippen molar-refractivity contribution in [2.45, 2.75) is 39.7 Å². The Morgan fingerprint density at radius 3 is 2.58 bits per heavy atom. The van der Waals surface area contributed by atoms with Crippen LogP contribution in [0.1, 0.15) is 42.9 Å². The zero-order valence-corrected chi connectivity index (χ0v) is 14.3. The molecule has 2 amide bonds. The Labute approximate surface area is 141 Å². The van der Waals surface area contributed by atoms with Gasteiger partial charge in [-0.3, -0.25) is 9.59 Å². The second-order valence-corrected chi connectivity index (χ2v) is 5.79. The van der Waals surface area contributed by atoms with Crippen LogP contribution in [0.3, 0.4) is 0 Å². The minimum absolute atomic E-state index is 0.126. The van der Waals surface area contributed by atoms with Crippen LogP contribution in [0.15, 0.2) is 40.9 Å². The summed E-state index contributed by atoms with van der Waals surface area (Å²) >= 11 is 0. The summed E-state index contributed by atoms with van der Waals surface area (Å²) in [5.41, 5.74) is 1.02. The largest absolute Gasteiger partial charge is 0.361 e. The van der Waals surface area contributed by atoms with Crippen LogP contribution >= 0.6 is 0 Å². The lowest BCUT2D eigenvalue weighted by Crippen LogP contribution is -2.41. The third-order valence-electron chi connectivity index (χ3n) is 3.64. The quantitative estimate of drug-likeness (QED) is 0.846. The second-order valence-electron chi connectivity index (χ2n) is 5.79. The number of anilines is 1. The van der Waals surface area contributed by atoms with Crippen LogP contribution in [-0.2, 0) is 4.79 Å². The summed E-state index contributed by atoms with van der Waals surface area (Å²) in [5.74, 6) is 0.247. The number of nitrogens with one attached hydrogen (secondary N) is 1. The Kier molecular flexibility index (Phi) is 6.12. The first-order valence-corrected chi connectivity index (χ1v) is 8.10. The standard InChI is InChI=1S/C18H23N3O3/c1-4-10-21(18(23)16-12-14(3)24-20-16)13(2)11-17(22)19-15-8-6-5-7-9-15/h5-9,12-13H,4,10-11H2,1-3H3,(H,19,22). The lowest BCUT2D eigenvalue weighted by atomic mass is 10.1. The molecule has 6 heteroatoms. The van der Waals surface area contributed by atoms with E-state index in [0.717, 1.165) is 12.1 Å². The number of nitrogens with zero attached hydrogens (tertiary/aromatic N) is 2. The van der Waals surface area contributed by atoms with E-state index in [1.54, 1.807) is 17.9 Å². The molecule has 1 atom stereocenters. The van der Waals surface area contributed by atoms with Gasteiger partial charge in [0, 0.05) is 30.8 Å². The topological polar surface area (TPSA) is 75.4 Å². The normalized spacial score (nSPS) is 11.8. The van der Waals surface area contributed by atoms with Crippen molar-refractivity contribution in [2.24, 2.45) is 0 Å². The van der Waals surface area contributed by atoms with Gasteiger partial charge in [0.05, 0.1) is 0 Å². The summed E-state index contributed by atoms with van der Waals surface area (Å²) in [5, 5.41) is 6.62. The average molecular weight is 329 g/mol. The van der Waals surface area contributed by atoms with Crippen molar-refractivity contribution in [3.63, 3.8) is 0 Å². The maximum atomic E-state index is 12.6. The van der Waals surface area contributed by atoms with E-state index in [2.05, 4.69) is 10.5 Å². The van der Waals surface area contributed by atoms with E-state index in [1.807, 2.05) is 44.2 Å². The van der Waals surface area contributed by atoms with Crippen molar-refractivity contribution in [3.05, 3.63) is 47.9 Å². The van der Waals surface area contributed by atoms with Gasteiger partial charge in [0.2, 0.25) is 5.91 Å². The molecule has 0 saturated carbocycles. The summed E-state index contributed by atoms with van der Waals surface area (Å²) in [7, 11) is 0. The predicted octanol–water partition coefficient (Wildman–Crippen LogP) is 3.25. The number of carbonyl (C=O) groups excluding carboxylic acids is 2. The SMILES string of the molecule is CCCN(C(=O)c1cc(C)on1)C(C)CC(=O)Nc1ccccc1. The van der Waals surface area contributed by atoms with Gasteiger partial charge in [-0.25, -0.2) is 0 Å². The van der Waals surface area contributed by atoms with Gasteiger partial charge in [0.1, 0.15) is 5.76 Å². The number of hydrogen-bond donors (Lipinski definition) is 1. The Balaban J connectivity index is 2.01. The fraction of sp³-hybridized carbons (Fsp3) is 0.389. The van der Waals surface area contributed by atoms with E-state index in [-0.39, 0.29) is 30.0 Å². The molecular formula is C18H23N3O3. The minimum atomic E-state index is -0.238. The van der Waals surface area contributed by atoms with Gasteiger partial charge in [0.15, 0.2) is 5.69 Å². The fourth-order valence-electron chi connectivity index (χ4n) is 2.49. The van der Waals surface area contributed by atoms with E-state index >= 15 is 0 Å². The molecule has 1 heterocycles. The number of hydrogen-bond acceptors (Lipinski definition) is 4. The molecule has 0 bridgehead atoms. The van der Waals surface area contributed by atoms with Crippen molar-refractivity contribution in [2.75, 3.05) is 11.9 Å². The van der Waals surface area contributed by atoms with Gasteiger partial charge in [0.25, 0.3) is 5.91 Å². The lowest BCUT2D eigenvalue weighted by molar-refractivity contribution is -0.117. The molecule has 0 saturated heterocycles. The molecular weight excluding hydrogens is 306 g/mol. The summed E-state index contributed by atoms with van der Waals surface area (Å²) in [6.07, 6.45) is 1.02. The Morgan fingerprint density at radius 1 is 1.29 bits per heavy atom. The highest BCUT2D eigenvalue weighted by Crippen LogP contribution is 2.13. The van der Waals surface area contributed by atoms with E-state index in [1.165, 1.54) is 0 Å². The van der Waals surface area contributed by atoms with E-state index in [4.69, 9.17) is 4.52 Å². The number of rotatable bonds is 7. The smallest absolute Gasteiger partial charge is 0.276 e. The van der Waals surface area contributed by atoms with Crippen LogP contribution in [0, 0.1) is 6.92 Å². The van der Waals surface area contributed by atoms with Crippen molar-refractivity contribution >= 4 is 17.5 Å². The number of amides is 2. The van der Waals surface area contributed by atoms with Gasteiger partial charge >= 0.3 is 0 Å². The first-order chi connectivity index (χ1) is 11.5. The van der Waals surface area contributed by atoms with Crippen molar-refractivity contribution in [1.29, 1.82) is 0 Å². The van der Waals surface area contributed by atoms with E-state index < -0.39 is 0 Å². The Morgan fingerprint density at radius 2 is 2.00 bits per heavy atom. The Bertz CT molecular complexity index is 682. The number of para-hydroxylation sites is 1. The lowest BCUT2D eigenvalue weighted by Gasteiger charge is -2.27. The molecule has 2 rings (SSSR count). The predicted molar refractivity (Wildman–Crippen MR) is 91.7 cm³/mol. The zero-order chi connectivity index (χ0) is 17.5. The van der Waals surface area contributed by atoms with Gasteiger partial charge in [-0.2, -0.15) is 0 Å². The number of benzene rings is 1. The number of aromatic nitrogens is 1. The molecule has 0 radical (unpaired) electrons. The van der Waals surface area contributed by atoms with Gasteiger partial charge in [-0.1, -0.05) is 30.3 Å². The zero-order valence-electron chi connectivity index (χ0n) is 14.3. The second kappa shape index (κ2) is 8.29. The van der Waals surface area contributed by atoms with Crippen LogP contribution in [0.25, 0.3) is 0 Å². The molecule has 0 spiro atoms. The van der Waals surface area contributed by atoms with E-state index in [0.29, 0.717) is 12.3 Å². The molecule has 1 unspecified atom stereocenters. The fourth-order valence-corrected chi connectivity index (χ4v) is 2.49. The summed E-state index contributed by atoms with van der Waals surface area (Å²) in [6.45, 7) is 6.16. The highest BCUT2D eigenvalue weighted by atomic mass is 16.5. The van der Waals surface area contributed by atoms with Crippen molar-refractivity contribution in [1.82, 2.24) is 10.1 Å². The summed E-state index contributed by atoms with van der Waals surface area (Å²) in [6, 6.07) is 10.6. The molecule has 6 nitrogen and oxygen atoms in total. The molecule has 1 aromatic heterocycles. The molecule has 0 aliphatic carbocycles. The van der Waals surface area contributed by atoms with Crippen LogP contribution in [0.4, 0.5) is 5.69 Å². The summed E-state index contributed by atoms with van der Waals surface area (Å²) in [4.78, 5) is 26.5. The van der Waals surface area contributed by atoms with Crippen LogP contribution in [0.2, 0.25) is 0 Å².